The van der Waals surface area contributed by atoms with Gasteiger partial charge in [0.25, 0.3) is 0 Å². The molecule has 0 saturated carbocycles. The lowest BCUT2D eigenvalue weighted by Crippen LogP contribution is -2.41. The van der Waals surface area contributed by atoms with Gasteiger partial charge in [-0.2, -0.15) is 0 Å². The second-order valence-corrected chi connectivity index (χ2v) is 6.38. The highest BCUT2D eigenvalue weighted by Gasteiger charge is 2.21. The molecule has 0 spiro atoms. The molecule has 2 aromatic rings. The van der Waals surface area contributed by atoms with Gasteiger partial charge in [-0.25, -0.2) is 9.97 Å². The highest BCUT2D eigenvalue weighted by atomic mass is 16.2. The summed E-state index contributed by atoms with van der Waals surface area (Å²) in [5, 5.41) is 0. The van der Waals surface area contributed by atoms with E-state index in [0.717, 1.165) is 45.0 Å². The summed E-state index contributed by atoms with van der Waals surface area (Å²) in [5.74, 6) is 1.90. The van der Waals surface area contributed by atoms with E-state index in [4.69, 9.17) is 0 Å². The normalized spacial score (nSPS) is 15.8. The summed E-state index contributed by atoms with van der Waals surface area (Å²) in [6, 6.07) is 0. The SMILES string of the molecule is CN(CC(=O)N1CCCN(Cc2nccn2C)CC1)c1cnccn1. The second-order valence-electron chi connectivity index (χ2n) is 6.38. The minimum absolute atomic E-state index is 0.131. The van der Waals surface area contributed by atoms with Crippen LogP contribution in [0.1, 0.15) is 12.2 Å². The molecule has 134 valence electrons. The van der Waals surface area contributed by atoms with Crippen molar-refractivity contribution in [3.63, 3.8) is 0 Å². The maximum Gasteiger partial charge on any atom is 0.242 e. The lowest BCUT2D eigenvalue weighted by molar-refractivity contribution is -0.129. The van der Waals surface area contributed by atoms with Crippen molar-refractivity contribution < 1.29 is 4.79 Å². The van der Waals surface area contributed by atoms with E-state index >= 15 is 0 Å². The monoisotopic (exact) mass is 343 g/mol. The standard InChI is InChI=1S/C17H25N7O/c1-21-9-6-20-16(21)13-23-7-3-8-24(11-10-23)17(25)14-22(2)15-12-18-4-5-19-15/h4-6,9,12H,3,7-8,10-11,13-14H2,1-2H3. The van der Waals surface area contributed by atoms with Crippen molar-refractivity contribution in [2.45, 2.75) is 13.0 Å². The van der Waals surface area contributed by atoms with Crippen molar-refractivity contribution in [2.75, 3.05) is 44.7 Å². The predicted molar refractivity (Wildman–Crippen MR) is 95.0 cm³/mol. The fourth-order valence-electron chi connectivity index (χ4n) is 3.00. The maximum atomic E-state index is 12.6. The van der Waals surface area contributed by atoms with Crippen LogP contribution in [-0.4, -0.2) is 75.0 Å². The van der Waals surface area contributed by atoms with Crippen molar-refractivity contribution in [2.24, 2.45) is 7.05 Å². The van der Waals surface area contributed by atoms with Crippen LogP contribution in [-0.2, 0) is 18.4 Å². The summed E-state index contributed by atoms with van der Waals surface area (Å²) in [4.78, 5) is 31.4. The molecular formula is C17H25N7O. The van der Waals surface area contributed by atoms with Gasteiger partial charge in [-0.3, -0.25) is 14.7 Å². The van der Waals surface area contributed by atoms with E-state index in [1.165, 1.54) is 0 Å². The van der Waals surface area contributed by atoms with Crippen LogP contribution in [0.5, 0.6) is 0 Å². The molecule has 0 bridgehead atoms. The zero-order chi connectivity index (χ0) is 17.6. The van der Waals surface area contributed by atoms with Gasteiger partial charge >= 0.3 is 0 Å². The summed E-state index contributed by atoms with van der Waals surface area (Å²) < 4.78 is 2.05. The Morgan fingerprint density at radius 2 is 2.04 bits per heavy atom. The minimum Gasteiger partial charge on any atom is -0.349 e. The number of hydrogen-bond donors (Lipinski definition) is 0. The van der Waals surface area contributed by atoms with Gasteiger partial charge < -0.3 is 14.4 Å². The number of carbonyl (C=O) groups excluding carboxylic acids is 1. The molecule has 0 aromatic carbocycles. The largest absolute Gasteiger partial charge is 0.349 e. The Morgan fingerprint density at radius 1 is 1.16 bits per heavy atom. The Morgan fingerprint density at radius 3 is 2.76 bits per heavy atom. The average Bonchev–Trinajstić information content (AvgIpc) is 2.88. The molecule has 1 amide bonds. The molecule has 0 atom stereocenters. The zero-order valence-electron chi connectivity index (χ0n) is 14.9. The number of rotatable bonds is 5. The summed E-state index contributed by atoms with van der Waals surface area (Å²) in [6.45, 7) is 4.54. The van der Waals surface area contributed by atoms with E-state index in [-0.39, 0.29) is 5.91 Å². The van der Waals surface area contributed by atoms with E-state index in [9.17, 15) is 4.79 Å². The highest BCUT2D eigenvalue weighted by Crippen LogP contribution is 2.10. The molecule has 0 N–H and O–H groups in total. The first kappa shape index (κ1) is 17.3. The number of amides is 1. The van der Waals surface area contributed by atoms with Crippen LogP contribution >= 0.6 is 0 Å². The first-order chi connectivity index (χ1) is 12.1. The first-order valence-corrected chi connectivity index (χ1v) is 8.57. The number of hydrogen-bond acceptors (Lipinski definition) is 6. The number of likely N-dealkylation sites (N-methyl/N-ethyl adjacent to an activating group) is 1. The third-order valence-electron chi connectivity index (χ3n) is 4.54. The second kappa shape index (κ2) is 8.06. The smallest absolute Gasteiger partial charge is 0.242 e. The van der Waals surface area contributed by atoms with Gasteiger partial charge in [0, 0.05) is 65.1 Å². The fraction of sp³-hybridized carbons (Fsp3) is 0.529. The fourth-order valence-corrected chi connectivity index (χ4v) is 3.00. The highest BCUT2D eigenvalue weighted by molar-refractivity contribution is 5.81. The minimum atomic E-state index is 0.131. The van der Waals surface area contributed by atoms with Crippen LogP contribution < -0.4 is 4.90 Å². The van der Waals surface area contributed by atoms with E-state index in [0.29, 0.717) is 12.4 Å². The van der Waals surface area contributed by atoms with Crippen LogP contribution in [0.25, 0.3) is 0 Å². The quantitative estimate of drug-likeness (QED) is 0.782. The van der Waals surface area contributed by atoms with Gasteiger partial charge in [-0.1, -0.05) is 0 Å². The van der Waals surface area contributed by atoms with Gasteiger partial charge in [0.1, 0.15) is 11.6 Å². The molecule has 1 aliphatic heterocycles. The van der Waals surface area contributed by atoms with Crippen molar-refractivity contribution in [3.05, 3.63) is 36.8 Å². The Kier molecular flexibility index (Phi) is 5.60. The first-order valence-electron chi connectivity index (χ1n) is 8.57. The van der Waals surface area contributed by atoms with Crippen LogP contribution in [0.2, 0.25) is 0 Å². The maximum absolute atomic E-state index is 12.6. The van der Waals surface area contributed by atoms with E-state index < -0.39 is 0 Å². The van der Waals surface area contributed by atoms with Crippen molar-refractivity contribution in [3.8, 4) is 0 Å². The summed E-state index contributed by atoms with van der Waals surface area (Å²) in [5.41, 5.74) is 0. The molecule has 1 aliphatic rings. The Labute approximate surface area is 148 Å². The van der Waals surface area contributed by atoms with Gasteiger partial charge in [0.15, 0.2) is 0 Å². The summed E-state index contributed by atoms with van der Waals surface area (Å²) in [6.07, 6.45) is 9.70. The molecule has 0 unspecified atom stereocenters. The molecule has 0 radical (unpaired) electrons. The third-order valence-corrected chi connectivity index (χ3v) is 4.54. The molecule has 2 aromatic heterocycles. The number of nitrogens with zero attached hydrogens (tertiary/aromatic N) is 7. The average molecular weight is 343 g/mol. The number of aryl methyl sites for hydroxylation is 1. The van der Waals surface area contributed by atoms with Gasteiger partial charge in [0.2, 0.25) is 5.91 Å². The van der Waals surface area contributed by atoms with E-state index in [2.05, 4.69) is 19.9 Å². The molecule has 0 aliphatic carbocycles. The van der Waals surface area contributed by atoms with Crippen LogP contribution in [0.4, 0.5) is 5.82 Å². The summed E-state index contributed by atoms with van der Waals surface area (Å²) >= 11 is 0. The Balaban J connectivity index is 1.52. The molecular weight excluding hydrogens is 318 g/mol. The van der Waals surface area contributed by atoms with E-state index in [1.807, 2.05) is 40.9 Å². The molecule has 1 saturated heterocycles. The van der Waals surface area contributed by atoms with Gasteiger partial charge in [-0.05, 0) is 6.42 Å². The number of anilines is 1. The molecule has 1 fully saturated rings. The predicted octanol–water partition coefficient (Wildman–Crippen LogP) is 0.381. The Hall–Kier alpha value is -2.48. The molecule has 8 heteroatoms. The van der Waals surface area contributed by atoms with Crippen molar-refractivity contribution in [1.82, 2.24) is 29.3 Å². The topological polar surface area (TPSA) is 70.4 Å². The van der Waals surface area contributed by atoms with Crippen LogP contribution in [0, 0.1) is 0 Å². The van der Waals surface area contributed by atoms with E-state index in [1.54, 1.807) is 18.6 Å². The molecule has 8 nitrogen and oxygen atoms in total. The van der Waals surface area contributed by atoms with Gasteiger partial charge in [-0.15, -0.1) is 0 Å². The summed E-state index contributed by atoms with van der Waals surface area (Å²) in [7, 11) is 3.88. The van der Waals surface area contributed by atoms with Crippen molar-refractivity contribution in [1.29, 1.82) is 0 Å². The molecule has 3 rings (SSSR count). The Bertz CT molecular complexity index is 687. The third kappa shape index (κ3) is 4.54. The molecule has 3 heterocycles. The number of carbonyl (C=O) groups is 1. The van der Waals surface area contributed by atoms with Crippen molar-refractivity contribution >= 4 is 11.7 Å². The van der Waals surface area contributed by atoms with Gasteiger partial charge in [0.05, 0.1) is 19.3 Å². The zero-order valence-corrected chi connectivity index (χ0v) is 14.9. The lowest BCUT2D eigenvalue weighted by Gasteiger charge is -2.25. The number of aromatic nitrogens is 4. The van der Waals surface area contributed by atoms with Crippen LogP contribution in [0.3, 0.4) is 0 Å². The lowest BCUT2D eigenvalue weighted by atomic mass is 10.3. The molecule has 25 heavy (non-hydrogen) atoms. The number of imidazole rings is 1. The van der Waals surface area contributed by atoms with Crippen LogP contribution in [0.15, 0.2) is 31.0 Å².